The van der Waals surface area contributed by atoms with Crippen molar-refractivity contribution in [1.82, 2.24) is 9.97 Å². The van der Waals surface area contributed by atoms with Gasteiger partial charge in [-0.15, -0.1) is 0 Å². The summed E-state index contributed by atoms with van der Waals surface area (Å²) < 4.78 is 0. The van der Waals surface area contributed by atoms with E-state index in [2.05, 4.69) is 21.4 Å². The SMILES string of the molecule is N#Cc1cccc(NCCCc2ncc[nH]2)c1N. The maximum Gasteiger partial charge on any atom is 0.106 e. The number of aromatic nitrogens is 2. The number of hydrogen-bond acceptors (Lipinski definition) is 4. The highest BCUT2D eigenvalue weighted by atomic mass is 14.9. The molecule has 0 bridgehead atoms. The van der Waals surface area contributed by atoms with Crippen LogP contribution in [0.2, 0.25) is 0 Å². The molecule has 5 heteroatoms. The van der Waals surface area contributed by atoms with Gasteiger partial charge in [-0.3, -0.25) is 0 Å². The summed E-state index contributed by atoms with van der Waals surface area (Å²) in [6.45, 7) is 0.791. The summed E-state index contributed by atoms with van der Waals surface area (Å²) in [7, 11) is 0. The van der Waals surface area contributed by atoms with Gasteiger partial charge in [0.2, 0.25) is 0 Å². The number of aromatic amines is 1. The predicted octanol–water partition coefficient (Wildman–Crippen LogP) is 1.91. The molecule has 0 aliphatic rings. The van der Waals surface area contributed by atoms with Gasteiger partial charge in [0.05, 0.1) is 16.9 Å². The summed E-state index contributed by atoms with van der Waals surface area (Å²) in [6, 6.07) is 7.48. The van der Waals surface area contributed by atoms with Crippen molar-refractivity contribution in [2.75, 3.05) is 17.6 Å². The molecule has 92 valence electrons. The Morgan fingerprint density at radius 1 is 1.44 bits per heavy atom. The molecule has 5 nitrogen and oxygen atoms in total. The van der Waals surface area contributed by atoms with Gasteiger partial charge in [0.1, 0.15) is 11.9 Å². The van der Waals surface area contributed by atoms with Gasteiger partial charge in [0.25, 0.3) is 0 Å². The van der Waals surface area contributed by atoms with Crippen molar-refractivity contribution in [1.29, 1.82) is 5.26 Å². The lowest BCUT2D eigenvalue weighted by molar-refractivity contribution is 0.816. The van der Waals surface area contributed by atoms with Crippen molar-refractivity contribution in [2.24, 2.45) is 0 Å². The number of nitrogens with zero attached hydrogens (tertiary/aromatic N) is 2. The maximum atomic E-state index is 8.87. The van der Waals surface area contributed by atoms with E-state index in [1.165, 1.54) is 0 Å². The van der Waals surface area contributed by atoms with Gasteiger partial charge in [0.15, 0.2) is 0 Å². The Morgan fingerprint density at radius 3 is 3.06 bits per heavy atom. The third-order valence-corrected chi connectivity index (χ3v) is 2.69. The van der Waals surface area contributed by atoms with Crippen molar-refractivity contribution in [3.63, 3.8) is 0 Å². The second-order valence-electron chi connectivity index (χ2n) is 3.94. The molecule has 0 unspecified atom stereocenters. The third kappa shape index (κ3) is 2.80. The van der Waals surface area contributed by atoms with E-state index in [9.17, 15) is 0 Å². The fourth-order valence-electron chi connectivity index (χ4n) is 1.73. The van der Waals surface area contributed by atoms with Crippen LogP contribution in [0.5, 0.6) is 0 Å². The Morgan fingerprint density at radius 2 is 2.33 bits per heavy atom. The molecule has 1 aromatic carbocycles. The monoisotopic (exact) mass is 241 g/mol. The molecular weight excluding hydrogens is 226 g/mol. The van der Waals surface area contributed by atoms with Gasteiger partial charge in [-0.1, -0.05) is 6.07 Å². The first-order chi connectivity index (χ1) is 8.81. The van der Waals surface area contributed by atoms with Gasteiger partial charge < -0.3 is 16.0 Å². The van der Waals surface area contributed by atoms with Crippen molar-refractivity contribution >= 4 is 11.4 Å². The molecule has 2 aromatic rings. The fraction of sp³-hybridized carbons (Fsp3) is 0.231. The molecule has 0 saturated heterocycles. The molecule has 0 atom stereocenters. The smallest absolute Gasteiger partial charge is 0.106 e. The zero-order valence-electron chi connectivity index (χ0n) is 9.98. The van der Waals surface area contributed by atoms with Crippen LogP contribution in [0.4, 0.5) is 11.4 Å². The van der Waals surface area contributed by atoms with Crippen LogP contribution in [0.15, 0.2) is 30.6 Å². The largest absolute Gasteiger partial charge is 0.396 e. The van der Waals surface area contributed by atoms with Crippen molar-refractivity contribution in [3.05, 3.63) is 42.0 Å². The predicted molar refractivity (Wildman–Crippen MR) is 71.0 cm³/mol. The van der Waals surface area contributed by atoms with Gasteiger partial charge in [-0.05, 0) is 18.6 Å². The number of nitrogen functional groups attached to an aromatic ring is 1. The van der Waals surface area contributed by atoms with E-state index in [1.54, 1.807) is 12.3 Å². The molecule has 0 fully saturated rings. The number of benzene rings is 1. The molecule has 0 amide bonds. The van der Waals surface area contributed by atoms with Crippen LogP contribution in [0.25, 0.3) is 0 Å². The van der Waals surface area contributed by atoms with E-state index >= 15 is 0 Å². The van der Waals surface area contributed by atoms with E-state index in [-0.39, 0.29) is 0 Å². The van der Waals surface area contributed by atoms with E-state index < -0.39 is 0 Å². The van der Waals surface area contributed by atoms with Crippen molar-refractivity contribution in [2.45, 2.75) is 12.8 Å². The molecule has 4 N–H and O–H groups in total. The fourth-order valence-corrected chi connectivity index (χ4v) is 1.73. The summed E-state index contributed by atoms with van der Waals surface area (Å²) in [4.78, 5) is 7.21. The van der Waals surface area contributed by atoms with E-state index in [4.69, 9.17) is 11.0 Å². The minimum Gasteiger partial charge on any atom is -0.396 e. The highest BCUT2D eigenvalue weighted by molar-refractivity contribution is 5.72. The highest BCUT2D eigenvalue weighted by Crippen LogP contribution is 2.21. The molecule has 0 radical (unpaired) electrons. The summed E-state index contributed by atoms with van der Waals surface area (Å²) >= 11 is 0. The Labute approximate surface area is 106 Å². The molecule has 0 saturated carbocycles. The van der Waals surface area contributed by atoms with Crippen molar-refractivity contribution < 1.29 is 0 Å². The highest BCUT2D eigenvalue weighted by Gasteiger charge is 2.03. The van der Waals surface area contributed by atoms with Gasteiger partial charge >= 0.3 is 0 Å². The molecule has 1 heterocycles. The van der Waals surface area contributed by atoms with Crippen LogP contribution in [0, 0.1) is 11.3 Å². The summed E-state index contributed by atoms with van der Waals surface area (Å²) in [5, 5.41) is 12.1. The van der Waals surface area contributed by atoms with Crippen LogP contribution >= 0.6 is 0 Å². The third-order valence-electron chi connectivity index (χ3n) is 2.69. The average Bonchev–Trinajstić information content (AvgIpc) is 2.89. The molecule has 0 aliphatic carbocycles. The first kappa shape index (κ1) is 12.0. The Kier molecular flexibility index (Phi) is 3.82. The number of rotatable bonds is 5. The van der Waals surface area contributed by atoms with Crippen molar-refractivity contribution in [3.8, 4) is 6.07 Å². The number of imidazole rings is 1. The Balaban J connectivity index is 1.85. The number of nitrogens with two attached hydrogens (primary N) is 1. The summed E-state index contributed by atoms with van der Waals surface area (Å²) in [6.07, 6.45) is 5.40. The number of aryl methyl sites for hydroxylation is 1. The lowest BCUT2D eigenvalue weighted by atomic mass is 10.1. The lowest BCUT2D eigenvalue weighted by Gasteiger charge is -2.09. The number of H-pyrrole nitrogens is 1. The number of nitriles is 1. The Hall–Kier alpha value is -2.48. The summed E-state index contributed by atoms with van der Waals surface area (Å²) in [5.41, 5.74) is 7.70. The minimum atomic E-state index is 0.506. The van der Waals surface area contributed by atoms with Crippen LogP contribution in [0.1, 0.15) is 17.8 Å². The average molecular weight is 241 g/mol. The quantitative estimate of drug-likeness (QED) is 0.551. The zero-order chi connectivity index (χ0) is 12.8. The first-order valence-corrected chi connectivity index (χ1v) is 5.82. The van der Waals surface area contributed by atoms with E-state index in [1.807, 2.05) is 18.3 Å². The topological polar surface area (TPSA) is 90.5 Å². The maximum absolute atomic E-state index is 8.87. The van der Waals surface area contributed by atoms with Gasteiger partial charge in [-0.25, -0.2) is 4.98 Å². The van der Waals surface area contributed by atoms with Crippen LogP contribution in [-0.4, -0.2) is 16.5 Å². The van der Waals surface area contributed by atoms with E-state index in [0.29, 0.717) is 11.3 Å². The normalized spacial score (nSPS) is 9.94. The van der Waals surface area contributed by atoms with E-state index in [0.717, 1.165) is 30.9 Å². The Bertz CT molecular complexity index is 539. The minimum absolute atomic E-state index is 0.506. The second-order valence-corrected chi connectivity index (χ2v) is 3.94. The van der Waals surface area contributed by atoms with Crippen LogP contribution < -0.4 is 11.1 Å². The lowest BCUT2D eigenvalue weighted by Crippen LogP contribution is -2.06. The first-order valence-electron chi connectivity index (χ1n) is 5.82. The number of nitrogens with one attached hydrogen (secondary N) is 2. The molecule has 0 spiro atoms. The molecule has 0 aliphatic heterocycles. The zero-order valence-corrected chi connectivity index (χ0v) is 9.98. The van der Waals surface area contributed by atoms with Gasteiger partial charge in [-0.2, -0.15) is 5.26 Å². The molecular formula is C13H15N5. The van der Waals surface area contributed by atoms with Crippen LogP contribution in [0.3, 0.4) is 0 Å². The number of para-hydroxylation sites is 1. The summed E-state index contributed by atoms with van der Waals surface area (Å²) in [5.74, 6) is 0.982. The molecule has 1 aromatic heterocycles. The number of anilines is 2. The molecule has 18 heavy (non-hydrogen) atoms. The van der Waals surface area contributed by atoms with Crippen LogP contribution in [-0.2, 0) is 6.42 Å². The molecule has 2 rings (SSSR count). The second kappa shape index (κ2) is 5.73. The van der Waals surface area contributed by atoms with Gasteiger partial charge in [0, 0.05) is 25.4 Å². The number of hydrogen-bond donors (Lipinski definition) is 3. The standard InChI is InChI=1S/C13H15N5/c14-9-10-3-1-4-11(13(10)15)16-6-2-5-12-17-7-8-18-12/h1,3-4,7-8,16H,2,5-6,15H2,(H,17,18).